The van der Waals surface area contributed by atoms with E-state index in [1.807, 2.05) is 30.3 Å². The Labute approximate surface area is 144 Å². The predicted molar refractivity (Wildman–Crippen MR) is 94.7 cm³/mol. The summed E-state index contributed by atoms with van der Waals surface area (Å²) >= 11 is 0. The van der Waals surface area contributed by atoms with Gasteiger partial charge in [-0.2, -0.15) is 0 Å². The SMILES string of the molecule is CC(C)(C)C(=O)Oc1cc(O)c2c(=O)cc(-c3ccccc3)oc2c1. The smallest absolute Gasteiger partial charge is 0.316 e. The molecule has 0 amide bonds. The van der Waals surface area contributed by atoms with Crippen LogP contribution in [0.25, 0.3) is 22.3 Å². The van der Waals surface area contributed by atoms with E-state index in [2.05, 4.69) is 0 Å². The van der Waals surface area contributed by atoms with Gasteiger partial charge < -0.3 is 14.3 Å². The molecular weight excluding hydrogens is 320 g/mol. The minimum Gasteiger partial charge on any atom is -0.507 e. The summed E-state index contributed by atoms with van der Waals surface area (Å²) in [5, 5.41) is 10.2. The zero-order valence-electron chi connectivity index (χ0n) is 14.2. The van der Waals surface area contributed by atoms with Gasteiger partial charge in [0.25, 0.3) is 0 Å². The number of ether oxygens (including phenoxy) is 1. The van der Waals surface area contributed by atoms with Gasteiger partial charge in [0.15, 0.2) is 5.43 Å². The average molecular weight is 338 g/mol. The lowest BCUT2D eigenvalue weighted by molar-refractivity contribution is -0.142. The predicted octanol–water partition coefficient (Wildman–Crippen LogP) is 4.12. The molecule has 0 aliphatic carbocycles. The first-order chi connectivity index (χ1) is 11.8. The van der Waals surface area contributed by atoms with E-state index in [0.29, 0.717) is 5.76 Å². The Morgan fingerprint density at radius 1 is 1.08 bits per heavy atom. The first kappa shape index (κ1) is 16.8. The molecule has 0 aliphatic rings. The van der Waals surface area contributed by atoms with Crippen LogP contribution < -0.4 is 10.2 Å². The standard InChI is InChI=1S/C20H18O5/c1-20(2,3)19(23)24-13-9-14(21)18-15(22)11-16(25-17(18)10-13)12-7-5-4-6-8-12/h4-11,21H,1-3H3. The number of fused-ring (bicyclic) bond motifs is 1. The number of benzene rings is 2. The summed E-state index contributed by atoms with van der Waals surface area (Å²) in [5.41, 5.74) is -0.176. The number of esters is 1. The molecule has 0 aliphatic heterocycles. The van der Waals surface area contributed by atoms with Crippen LogP contribution in [-0.2, 0) is 4.79 Å². The highest BCUT2D eigenvalue weighted by molar-refractivity contribution is 5.87. The fourth-order valence-electron chi connectivity index (χ4n) is 2.31. The van der Waals surface area contributed by atoms with Crippen LogP contribution in [0, 0.1) is 5.41 Å². The summed E-state index contributed by atoms with van der Waals surface area (Å²) in [6.07, 6.45) is 0. The van der Waals surface area contributed by atoms with E-state index in [1.54, 1.807) is 20.8 Å². The number of carbonyl (C=O) groups is 1. The Kier molecular flexibility index (Phi) is 4.08. The second-order valence-electron chi connectivity index (χ2n) is 6.80. The molecule has 0 spiro atoms. The molecule has 0 saturated carbocycles. The van der Waals surface area contributed by atoms with Gasteiger partial charge in [-0.3, -0.25) is 9.59 Å². The largest absolute Gasteiger partial charge is 0.507 e. The van der Waals surface area contributed by atoms with Crippen molar-refractivity contribution in [3.05, 3.63) is 58.8 Å². The maximum absolute atomic E-state index is 12.4. The lowest BCUT2D eigenvalue weighted by Crippen LogP contribution is -2.25. The van der Waals surface area contributed by atoms with E-state index in [1.165, 1.54) is 18.2 Å². The van der Waals surface area contributed by atoms with Crippen LogP contribution in [0.15, 0.2) is 57.7 Å². The molecular formula is C20H18O5. The molecule has 0 radical (unpaired) electrons. The third-order valence-electron chi connectivity index (χ3n) is 3.66. The van der Waals surface area contributed by atoms with Crippen LogP contribution >= 0.6 is 0 Å². The van der Waals surface area contributed by atoms with E-state index in [-0.39, 0.29) is 27.9 Å². The van der Waals surface area contributed by atoms with Gasteiger partial charge in [0.2, 0.25) is 0 Å². The van der Waals surface area contributed by atoms with Gasteiger partial charge in [-0.1, -0.05) is 30.3 Å². The first-order valence-corrected chi connectivity index (χ1v) is 7.84. The van der Waals surface area contributed by atoms with Crippen LogP contribution in [0.5, 0.6) is 11.5 Å². The molecule has 0 atom stereocenters. The summed E-state index contributed by atoms with van der Waals surface area (Å²) in [6.45, 7) is 5.18. The Hall–Kier alpha value is -3.08. The molecule has 128 valence electrons. The number of aromatic hydroxyl groups is 1. The lowest BCUT2D eigenvalue weighted by atomic mass is 9.97. The third kappa shape index (κ3) is 3.40. The highest BCUT2D eigenvalue weighted by Crippen LogP contribution is 2.32. The van der Waals surface area contributed by atoms with Crippen molar-refractivity contribution in [2.24, 2.45) is 5.41 Å². The summed E-state index contributed by atoms with van der Waals surface area (Å²) in [5.74, 6) is -0.245. The number of hydrogen-bond acceptors (Lipinski definition) is 5. The number of phenols is 1. The zero-order chi connectivity index (χ0) is 18.2. The number of hydrogen-bond donors (Lipinski definition) is 1. The van der Waals surface area contributed by atoms with Crippen molar-refractivity contribution in [2.45, 2.75) is 20.8 Å². The first-order valence-electron chi connectivity index (χ1n) is 7.84. The molecule has 1 heterocycles. The Bertz CT molecular complexity index is 994. The van der Waals surface area contributed by atoms with E-state index in [9.17, 15) is 14.7 Å². The van der Waals surface area contributed by atoms with E-state index < -0.39 is 11.4 Å². The van der Waals surface area contributed by atoms with Crippen molar-refractivity contribution in [1.82, 2.24) is 0 Å². The Morgan fingerprint density at radius 2 is 1.76 bits per heavy atom. The maximum atomic E-state index is 12.4. The molecule has 3 aromatic rings. The minimum atomic E-state index is -0.697. The van der Waals surface area contributed by atoms with E-state index >= 15 is 0 Å². The molecule has 25 heavy (non-hydrogen) atoms. The van der Waals surface area contributed by atoms with Crippen molar-refractivity contribution in [2.75, 3.05) is 0 Å². The Morgan fingerprint density at radius 3 is 2.40 bits per heavy atom. The van der Waals surface area contributed by atoms with Crippen molar-refractivity contribution >= 4 is 16.9 Å². The molecule has 5 heteroatoms. The van der Waals surface area contributed by atoms with Gasteiger partial charge in [0.1, 0.15) is 28.2 Å². The molecule has 0 fully saturated rings. The second-order valence-corrected chi connectivity index (χ2v) is 6.80. The van der Waals surface area contributed by atoms with Crippen LogP contribution in [0.3, 0.4) is 0 Å². The number of rotatable bonds is 2. The fourth-order valence-corrected chi connectivity index (χ4v) is 2.31. The maximum Gasteiger partial charge on any atom is 0.316 e. The third-order valence-corrected chi connectivity index (χ3v) is 3.66. The summed E-state index contributed by atoms with van der Waals surface area (Å²) in [6, 6.07) is 13.2. The van der Waals surface area contributed by atoms with Crippen LogP contribution in [0.1, 0.15) is 20.8 Å². The zero-order valence-corrected chi connectivity index (χ0v) is 14.2. The topological polar surface area (TPSA) is 76.7 Å². The van der Waals surface area contributed by atoms with Gasteiger partial charge in [-0.15, -0.1) is 0 Å². The van der Waals surface area contributed by atoms with Crippen molar-refractivity contribution < 1.29 is 19.1 Å². The quantitative estimate of drug-likeness (QED) is 0.562. The summed E-state index contributed by atoms with van der Waals surface area (Å²) in [4.78, 5) is 24.4. The van der Waals surface area contributed by atoms with Gasteiger partial charge >= 0.3 is 5.97 Å². The summed E-state index contributed by atoms with van der Waals surface area (Å²) < 4.78 is 11.1. The van der Waals surface area contributed by atoms with Crippen LogP contribution in [-0.4, -0.2) is 11.1 Å². The molecule has 1 N–H and O–H groups in total. The van der Waals surface area contributed by atoms with E-state index in [4.69, 9.17) is 9.15 Å². The normalized spacial score (nSPS) is 11.5. The molecule has 0 bridgehead atoms. The lowest BCUT2D eigenvalue weighted by Gasteiger charge is -2.16. The molecule has 0 saturated heterocycles. The monoisotopic (exact) mass is 338 g/mol. The Balaban J connectivity index is 2.12. The molecule has 0 unspecified atom stereocenters. The van der Waals surface area contributed by atoms with Gasteiger partial charge in [0, 0.05) is 23.8 Å². The van der Waals surface area contributed by atoms with Crippen molar-refractivity contribution in [3.63, 3.8) is 0 Å². The molecule has 3 rings (SSSR count). The molecule has 1 aromatic heterocycles. The van der Waals surface area contributed by atoms with Crippen molar-refractivity contribution in [1.29, 1.82) is 0 Å². The van der Waals surface area contributed by atoms with Crippen LogP contribution in [0.2, 0.25) is 0 Å². The highest BCUT2D eigenvalue weighted by atomic mass is 16.5. The van der Waals surface area contributed by atoms with Gasteiger partial charge in [-0.25, -0.2) is 0 Å². The van der Waals surface area contributed by atoms with Crippen LogP contribution in [0.4, 0.5) is 0 Å². The molecule has 2 aromatic carbocycles. The van der Waals surface area contributed by atoms with Gasteiger partial charge in [0.05, 0.1) is 5.41 Å². The second kappa shape index (κ2) is 6.09. The fraction of sp³-hybridized carbons (Fsp3) is 0.200. The summed E-state index contributed by atoms with van der Waals surface area (Å²) in [7, 11) is 0. The minimum absolute atomic E-state index is 0.0511. The molecule has 5 nitrogen and oxygen atoms in total. The number of phenolic OH excluding ortho intramolecular Hbond substituents is 1. The van der Waals surface area contributed by atoms with Gasteiger partial charge in [-0.05, 0) is 20.8 Å². The number of carbonyl (C=O) groups excluding carboxylic acids is 1. The van der Waals surface area contributed by atoms with E-state index in [0.717, 1.165) is 5.56 Å². The average Bonchev–Trinajstić information content (AvgIpc) is 2.54. The van der Waals surface area contributed by atoms with Crippen molar-refractivity contribution in [3.8, 4) is 22.8 Å². The highest BCUT2D eigenvalue weighted by Gasteiger charge is 2.24.